The van der Waals surface area contributed by atoms with E-state index in [0.29, 0.717) is 5.65 Å². The third kappa shape index (κ3) is 5.02. The highest BCUT2D eigenvalue weighted by atomic mass is 32.2. The molecular formula is C29H20N4O3S. The van der Waals surface area contributed by atoms with E-state index in [1.807, 2.05) is 91.1 Å². The normalized spacial score (nSPS) is 10.9. The van der Waals surface area contributed by atoms with Gasteiger partial charge in [0.25, 0.3) is 0 Å². The van der Waals surface area contributed by atoms with Gasteiger partial charge in [-0.3, -0.25) is 0 Å². The number of fused-ring (bicyclic) bond motifs is 1. The van der Waals surface area contributed by atoms with Crippen LogP contribution in [-0.4, -0.2) is 19.7 Å². The summed E-state index contributed by atoms with van der Waals surface area (Å²) in [6.45, 7) is 0. The van der Waals surface area contributed by atoms with Crippen LogP contribution in [0, 0.1) is 0 Å². The lowest BCUT2D eigenvalue weighted by Gasteiger charge is -2.11. The summed E-state index contributed by atoms with van der Waals surface area (Å²) >= 11 is 1.12. The minimum atomic E-state index is 0.595. The van der Waals surface area contributed by atoms with Gasteiger partial charge in [-0.1, -0.05) is 58.9 Å². The van der Waals surface area contributed by atoms with Crippen LogP contribution in [0.1, 0.15) is 0 Å². The molecule has 0 aliphatic rings. The fourth-order valence-electron chi connectivity index (χ4n) is 3.92. The van der Waals surface area contributed by atoms with E-state index in [4.69, 9.17) is 19.0 Å². The van der Waals surface area contributed by atoms with Gasteiger partial charge in [0.05, 0.1) is 18.2 Å². The maximum absolute atomic E-state index is 6.19. The van der Waals surface area contributed by atoms with Crippen LogP contribution >= 0.6 is 12.0 Å². The average Bonchev–Trinajstić information content (AvgIpc) is 3.33. The van der Waals surface area contributed by atoms with Crippen molar-refractivity contribution >= 4 is 23.1 Å². The first-order valence-corrected chi connectivity index (χ1v) is 12.2. The van der Waals surface area contributed by atoms with Gasteiger partial charge in [0.2, 0.25) is 0 Å². The van der Waals surface area contributed by atoms with Crippen molar-refractivity contribution in [3.8, 4) is 33.8 Å². The summed E-state index contributed by atoms with van der Waals surface area (Å²) in [5.74, 6) is 1.50. The van der Waals surface area contributed by atoms with E-state index in [-0.39, 0.29) is 0 Å². The van der Waals surface area contributed by atoms with Crippen LogP contribution in [-0.2, 0) is 4.33 Å². The molecule has 3 heterocycles. The van der Waals surface area contributed by atoms with Crippen LogP contribution in [0.15, 0.2) is 127 Å². The van der Waals surface area contributed by atoms with Gasteiger partial charge in [0.15, 0.2) is 5.65 Å². The predicted molar refractivity (Wildman–Crippen MR) is 143 cm³/mol. The number of hydrogen-bond donors (Lipinski definition) is 0. The summed E-state index contributed by atoms with van der Waals surface area (Å²) in [5.41, 5.74) is 4.10. The van der Waals surface area contributed by atoms with E-state index in [1.54, 1.807) is 18.6 Å². The maximum Gasteiger partial charge on any atom is 0.179 e. The van der Waals surface area contributed by atoms with Crippen molar-refractivity contribution in [2.75, 3.05) is 0 Å². The summed E-state index contributed by atoms with van der Waals surface area (Å²) < 4.78 is 13.1. The molecule has 0 aliphatic heterocycles. The number of rotatable bonds is 8. The minimum absolute atomic E-state index is 0.595. The molecule has 0 spiro atoms. The number of nitrogens with zero attached hydrogens (tertiary/aromatic N) is 4. The Hall–Kier alpha value is -4.66. The number of benzene rings is 3. The molecular weight excluding hydrogens is 484 g/mol. The zero-order valence-electron chi connectivity index (χ0n) is 19.5. The third-order valence-electron chi connectivity index (χ3n) is 5.64. The lowest BCUT2D eigenvalue weighted by Crippen LogP contribution is -2.07. The second-order valence-electron chi connectivity index (χ2n) is 8.04. The largest absolute Gasteiger partial charge is 0.457 e. The quantitative estimate of drug-likeness (QED) is 0.125. The molecule has 37 heavy (non-hydrogen) atoms. The average molecular weight is 505 g/mol. The fourth-order valence-corrected chi connectivity index (χ4v) is 4.37. The summed E-state index contributed by atoms with van der Waals surface area (Å²) in [7, 11) is 0. The molecule has 0 amide bonds. The van der Waals surface area contributed by atoms with E-state index in [1.165, 1.54) is 11.1 Å². The Morgan fingerprint density at radius 2 is 1.43 bits per heavy atom. The van der Waals surface area contributed by atoms with Crippen molar-refractivity contribution < 1.29 is 14.1 Å². The number of ether oxygens (including phenoxy) is 1. The van der Waals surface area contributed by atoms with Gasteiger partial charge in [-0.2, -0.15) is 0 Å². The Bertz CT molecular complexity index is 1630. The van der Waals surface area contributed by atoms with Crippen LogP contribution in [0.25, 0.3) is 33.3 Å². The Labute approximate surface area is 217 Å². The standard InChI is InChI=1S/C29H20N4O3S/c1-3-9-23(10-4-1)34-28-14-8-7-13-25(28)21-15-26-27(22-16-30-20-31-17-22)19-33(29(26)32-18-21)35-36-37-24-11-5-2-6-12-24/h1-20H. The van der Waals surface area contributed by atoms with Crippen LogP contribution in [0.2, 0.25) is 0 Å². The van der Waals surface area contributed by atoms with Gasteiger partial charge in [0, 0.05) is 51.1 Å². The number of pyridine rings is 1. The Morgan fingerprint density at radius 3 is 2.24 bits per heavy atom. The molecule has 7 nitrogen and oxygen atoms in total. The smallest absolute Gasteiger partial charge is 0.179 e. The number of para-hydroxylation sites is 2. The molecule has 0 aliphatic carbocycles. The molecule has 3 aromatic heterocycles. The van der Waals surface area contributed by atoms with E-state index < -0.39 is 0 Å². The Kier molecular flexibility index (Phi) is 6.48. The monoisotopic (exact) mass is 504 g/mol. The Balaban J connectivity index is 1.38. The first-order chi connectivity index (χ1) is 18.3. The molecule has 0 saturated carbocycles. The highest BCUT2D eigenvalue weighted by Gasteiger charge is 2.17. The van der Waals surface area contributed by atoms with Crippen molar-refractivity contribution in [1.29, 1.82) is 0 Å². The highest BCUT2D eigenvalue weighted by molar-refractivity contribution is 7.94. The highest BCUT2D eigenvalue weighted by Crippen LogP contribution is 2.36. The topological polar surface area (TPSA) is 71.3 Å². The summed E-state index contributed by atoms with van der Waals surface area (Å²) in [6, 6.07) is 29.3. The van der Waals surface area contributed by atoms with Crippen molar-refractivity contribution in [2.45, 2.75) is 4.90 Å². The summed E-state index contributed by atoms with van der Waals surface area (Å²) in [5, 5.41) is 0.857. The minimum Gasteiger partial charge on any atom is -0.457 e. The molecule has 0 fully saturated rings. The molecule has 0 saturated heterocycles. The Morgan fingerprint density at radius 1 is 0.703 bits per heavy atom. The first-order valence-electron chi connectivity index (χ1n) is 11.5. The molecule has 0 N–H and O–H groups in total. The molecule has 6 rings (SSSR count). The van der Waals surface area contributed by atoms with Crippen molar-refractivity contribution in [3.05, 3.63) is 122 Å². The zero-order chi connectivity index (χ0) is 24.9. The summed E-state index contributed by atoms with van der Waals surface area (Å²) in [4.78, 5) is 19.6. The first kappa shape index (κ1) is 22.8. The van der Waals surface area contributed by atoms with Crippen molar-refractivity contribution in [2.24, 2.45) is 0 Å². The third-order valence-corrected chi connectivity index (χ3v) is 6.23. The van der Waals surface area contributed by atoms with Crippen LogP contribution in [0.4, 0.5) is 0 Å². The summed E-state index contributed by atoms with van der Waals surface area (Å²) in [6.07, 6.45) is 8.62. The van der Waals surface area contributed by atoms with Gasteiger partial charge in [-0.05, 0) is 36.4 Å². The maximum atomic E-state index is 6.19. The SMILES string of the molecule is c1ccc(Oc2ccccc2-c2cnc3c(c2)c(-c2cncnc2)cn3OOSc2ccccc2)cc1. The molecule has 180 valence electrons. The fraction of sp³-hybridized carbons (Fsp3) is 0. The van der Waals surface area contributed by atoms with Crippen LogP contribution in [0.3, 0.4) is 0 Å². The van der Waals surface area contributed by atoms with Crippen molar-refractivity contribution in [1.82, 2.24) is 19.7 Å². The molecule has 0 atom stereocenters. The van der Waals surface area contributed by atoms with E-state index in [9.17, 15) is 0 Å². The van der Waals surface area contributed by atoms with Crippen LogP contribution in [0.5, 0.6) is 11.5 Å². The van der Waals surface area contributed by atoms with Gasteiger partial charge in [0.1, 0.15) is 17.8 Å². The van der Waals surface area contributed by atoms with Gasteiger partial charge >= 0.3 is 0 Å². The van der Waals surface area contributed by atoms with Crippen molar-refractivity contribution in [3.63, 3.8) is 0 Å². The molecule has 3 aromatic carbocycles. The van der Waals surface area contributed by atoms with Gasteiger partial charge in [-0.15, -0.1) is 4.73 Å². The van der Waals surface area contributed by atoms with Gasteiger partial charge < -0.3 is 4.74 Å². The zero-order valence-corrected chi connectivity index (χ0v) is 20.3. The lowest BCUT2D eigenvalue weighted by molar-refractivity contribution is -0.188. The number of aromatic nitrogens is 4. The number of hydrogen-bond acceptors (Lipinski definition) is 7. The van der Waals surface area contributed by atoms with E-state index >= 15 is 0 Å². The second-order valence-corrected chi connectivity index (χ2v) is 8.82. The second kappa shape index (κ2) is 10.5. The molecule has 8 heteroatoms. The molecule has 0 radical (unpaired) electrons. The predicted octanol–water partition coefficient (Wildman–Crippen LogP) is 7.02. The van der Waals surface area contributed by atoms with E-state index in [0.717, 1.165) is 56.1 Å². The van der Waals surface area contributed by atoms with Crippen LogP contribution < -0.4 is 9.73 Å². The van der Waals surface area contributed by atoms with E-state index in [2.05, 4.69) is 16.0 Å². The van der Waals surface area contributed by atoms with Gasteiger partial charge in [-0.25, -0.2) is 19.9 Å². The lowest BCUT2D eigenvalue weighted by atomic mass is 10.0. The molecule has 0 unspecified atom stereocenters. The molecule has 6 aromatic rings. The molecule has 0 bridgehead atoms.